The van der Waals surface area contributed by atoms with Gasteiger partial charge in [0.25, 0.3) is 0 Å². The van der Waals surface area contributed by atoms with Crippen LogP contribution < -0.4 is 4.90 Å². The van der Waals surface area contributed by atoms with Crippen molar-refractivity contribution in [1.29, 1.82) is 0 Å². The van der Waals surface area contributed by atoms with Gasteiger partial charge in [0.1, 0.15) is 11.2 Å². The van der Waals surface area contributed by atoms with Gasteiger partial charge >= 0.3 is 0 Å². The van der Waals surface area contributed by atoms with E-state index in [9.17, 15) is 0 Å². The molecule has 0 spiro atoms. The topological polar surface area (TPSA) is 16.4 Å². The van der Waals surface area contributed by atoms with Gasteiger partial charge in [0, 0.05) is 33.1 Å². The Morgan fingerprint density at radius 1 is 0.412 bits per heavy atom. The maximum atomic E-state index is 6.39. The quantitative estimate of drug-likeness (QED) is 0.184. The first-order valence-corrected chi connectivity index (χ1v) is 17.7. The van der Waals surface area contributed by atoms with Crippen LogP contribution in [0.3, 0.4) is 0 Å². The number of fused-ring (bicyclic) bond motifs is 7. The van der Waals surface area contributed by atoms with Crippen molar-refractivity contribution < 1.29 is 4.42 Å². The highest BCUT2D eigenvalue weighted by Gasteiger charge is 2.35. The average Bonchev–Trinajstić information content (AvgIpc) is 3.65. The van der Waals surface area contributed by atoms with Crippen LogP contribution in [-0.2, 0) is 5.41 Å². The van der Waals surface area contributed by atoms with Gasteiger partial charge in [-0.3, -0.25) is 0 Å². The number of anilines is 3. The summed E-state index contributed by atoms with van der Waals surface area (Å²) in [5, 5.41) is 4.66. The summed E-state index contributed by atoms with van der Waals surface area (Å²) >= 11 is 0. The monoisotopic (exact) mass is 653 g/mol. The first-order chi connectivity index (χ1) is 25.0. The van der Waals surface area contributed by atoms with Gasteiger partial charge in [0.05, 0.1) is 5.69 Å². The van der Waals surface area contributed by atoms with E-state index >= 15 is 0 Å². The molecule has 0 bridgehead atoms. The minimum Gasteiger partial charge on any atom is -0.456 e. The van der Waals surface area contributed by atoms with Crippen LogP contribution in [0.4, 0.5) is 17.1 Å². The lowest BCUT2D eigenvalue weighted by Gasteiger charge is -2.30. The zero-order valence-electron chi connectivity index (χ0n) is 28.6. The standard InChI is InChI=1S/C49H35NO/c1-49(2)44-18-10-8-17-40(44)41-26-25-38(31-45(41)49)50(37-23-20-33(21-24-37)32-12-4-3-5-13-32)46-19-11-9-16-39(46)36-22-27-47-42(29-36)43-28-34-14-6-7-15-35(34)30-48(43)51-47/h3-31H,1-2H3. The highest BCUT2D eigenvalue weighted by atomic mass is 16.3. The Hall–Kier alpha value is -6.38. The largest absolute Gasteiger partial charge is 0.456 e. The fourth-order valence-corrected chi connectivity index (χ4v) is 8.23. The van der Waals surface area contributed by atoms with Gasteiger partial charge in [-0.25, -0.2) is 0 Å². The van der Waals surface area contributed by atoms with Crippen molar-refractivity contribution in [2.75, 3.05) is 4.90 Å². The minimum absolute atomic E-state index is 0.109. The number of furan rings is 1. The van der Waals surface area contributed by atoms with Crippen LogP contribution in [0.1, 0.15) is 25.0 Å². The maximum absolute atomic E-state index is 6.39. The van der Waals surface area contributed by atoms with Crippen LogP contribution in [0.2, 0.25) is 0 Å². The van der Waals surface area contributed by atoms with Crippen LogP contribution in [-0.4, -0.2) is 0 Å². The van der Waals surface area contributed by atoms with Gasteiger partial charge in [-0.1, -0.05) is 135 Å². The van der Waals surface area contributed by atoms with Crippen molar-refractivity contribution >= 4 is 49.8 Å². The molecule has 8 aromatic carbocycles. The molecule has 0 saturated heterocycles. The van der Waals surface area contributed by atoms with Crippen molar-refractivity contribution in [1.82, 2.24) is 0 Å². The smallest absolute Gasteiger partial charge is 0.136 e. The Kier molecular flexibility index (Phi) is 6.56. The van der Waals surface area contributed by atoms with Gasteiger partial charge in [-0.2, -0.15) is 0 Å². The van der Waals surface area contributed by atoms with Crippen molar-refractivity contribution in [2.45, 2.75) is 19.3 Å². The van der Waals surface area contributed by atoms with Gasteiger partial charge in [-0.15, -0.1) is 0 Å². The summed E-state index contributed by atoms with van der Waals surface area (Å²) in [5.74, 6) is 0. The van der Waals surface area contributed by atoms with E-state index in [-0.39, 0.29) is 5.41 Å². The molecule has 0 radical (unpaired) electrons. The number of hydrogen-bond donors (Lipinski definition) is 0. The lowest BCUT2D eigenvalue weighted by atomic mass is 9.82. The molecular weight excluding hydrogens is 619 g/mol. The lowest BCUT2D eigenvalue weighted by Crippen LogP contribution is -2.16. The van der Waals surface area contributed by atoms with Crippen molar-refractivity contribution in [3.05, 3.63) is 187 Å². The van der Waals surface area contributed by atoms with Gasteiger partial charge in [0.2, 0.25) is 0 Å². The van der Waals surface area contributed by atoms with Crippen LogP contribution in [0.5, 0.6) is 0 Å². The first-order valence-electron chi connectivity index (χ1n) is 17.7. The number of hydrogen-bond acceptors (Lipinski definition) is 2. The first kappa shape index (κ1) is 29.5. The number of rotatable bonds is 5. The molecule has 0 amide bonds. The Labute approximate surface area is 297 Å². The number of benzene rings is 8. The van der Waals surface area contributed by atoms with Crippen LogP contribution in [0, 0.1) is 0 Å². The molecule has 10 rings (SSSR count). The van der Waals surface area contributed by atoms with Crippen molar-refractivity contribution in [3.8, 4) is 33.4 Å². The molecular formula is C49H35NO. The molecule has 1 aromatic heterocycles. The minimum atomic E-state index is -0.109. The third-order valence-electron chi connectivity index (χ3n) is 10.9. The molecule has 1 aliphatic carbocycles. The summed E-state index contributed by atoms with van der Waals surface area (Å²) in [5.41, 5.74) is 15.2. The van der Waals surface area contributed by atoms with E-state index in [2.05, 4.69) is 195 Å². The molecule has 9 aromatic rings. The fourth-order valence-electron chi connectivity index (χ4n) is 8.23. The summed E-state index contributed by atoms with van der Waals surface area (Å²) < 4.78 is 6.39. The van der Waals surface area contributed by atoms with Crippen molar-refractivity contribution in [2.24, 2.45) is 0 Å². The second-order valence-corrected chi connectivity index (χ2v) is 14.2. The van der Waals surface area contributed by atoms with E-state index in [1.807, 2.05) is 0 Å². The Morgan fingerprint density at radius 2 is 1.02 bits per heavy atom. The summed E-state index contributed by atoms with van der Waals surface area (Å²) in [6.45, 7) is 4.70. The van der Waals surface area contributed by atoms with Gasteiger partial charge in [0.15, 0.2) is 0 Å². The molecule has 51 heavy (non-hydrogen) atoms. The maximum Gasteiger partial charge on any atom is 0.136 e. The third kappa shape index (κ3) is 4.71. The fraction of sp³-hybridized carbons (Fsp3) is 0.0612. The van der Waals surface area contributed by atoms with E-state index in [1.165, 1.54) is 44.2 Å². The molecule has 0 unspecified atom stereocenters. The second kappa shape index (κ2) is 11.3. The molecule has 0 fully saturated rings. The summed E-state index contributed by atoms with van der Waals surface area (Å²) in [6.07, 6.45) is 0. The molecule has 2 heteroatoms. The van der Waals surface area contributed by atoms with E-state index in [0.29, 0.717) is 0 Å². The molecule has 2 nitrogen and oxygen atoms in total. The Morgan fingerprint density at radius 3 is 1.84 bits per heavy atom. The SMILES string of the molecule is CC1(C)c2ccccc2-c2ccc(N(c3ccc(-c4ccccc4)cc3)c3ccccc3-c3ccc4oc5cc6ccccc6cc5c4c3)cc21. The van der Waals surface area contributed by atoms with Crippen molar-refractivity contribution in [3.63, 3.8) is 0 Å². The number of nitrogens with zero attached hydrogens (tertiary/aromatic N) is 1. The van der Waals surface area contributed by atoms with Gasteiger partial charge < -0.3 is 9.32 Å². The van der Waals surface area contributed by atoms with Gasteiger partial charge in [-0.05, 0) is 104 Å². The molecule has 0 N–H and O–H groups in total. The van der Waals surface area contributed by atoms with Crippen LogP contribution >= 0.6 is 0 Å². The van der Waals surface area contributed by atoms with E-state index in [0.717, 1.165) is 50.1 Å². The van der Waals surface area contributed by atoms with E-state index in [1.54, 1.807) is 0 Å². The summed E-state index contributed by atoms with van der Waals surface area (Å²) in [7, 11) is 0. The van der Waals surface area contributed by atoms with E-state index in [4.69, 9.17) is 4.42 Å². The third-order valence-corrected chi connectivity index (χ3v) is 10.9. The zero-order chi connectivity index (χ0) is 34.1. The highest BCUT2D eigenvalue weighted by molar-refractivity contribution is 6.11. The highest BCUT2D eigenvalue weighted by Crippen LogP contribution is 2.51. The van der Waals surface area contributed by atoms with Crippen LogP contribution in [0.25, 0.3) is 66.1 Å². The molecule has 0 aliphatic heterocycles. The Bertz CT molecular complexity index is 2770. The summed E-state index contributed by atoms with van der Waals surface area (Å²) in [4.78, 5) is 2.43. The van der Waals surface area contributed by atoms with E-state index < -0.39 is 0 Å². The second-order valence-electron chi connectivity index (χ2n) is 14.2. The predicted octanol–water partition coefficient (Wildman–Crippen LogP) is 13.8. The molecule has 0 atom stereocenters. The molecule has 1 heterocycles. The normalized spacial score (nSPS) is 13.1. The molecule has 242 valence electrons. The predicted molar refractivity (Wildman–Crippen MR) is 214 cm³/mol. The molecule has 0 saturated carbocycles. The lowest BCUT2D eigenvalue weighted by molar-refractivity contribution is 0.660. The zero-order valence-corrected chi connectivity index (χ0v) is 28.6. The number of para-hydroxylation sites is 1. The summed E-state index contributed by atoms with van der Waals surface area (Å²) in [6, 6.07) is 63.8. The average molecular weight is 654 g/mol. The Balaban J connectivity index is 1.16. The molecule has 1 aliphatic rings. The van der Waals surface area contributed by atoms with Crippen LogP contribution in [0.15, 0.2) is 180 Å².